The van der Waals surface area contributed by atoms with Crippen LogP contribution in [0.4, 0.5) is 0 Å². The lowest BCUT2D eigenvalue weighted by Gasteiger charge is -2.24. The Bertz CT molecular complexity index is 914. The van der Waals surface area contributed by atoms with Crippen molar-refractivity contribution in [3.63, 3.8) is 0 Å². The van der Waals surface area contributed by atoms with Gasteiger partial charge < -0.3 is 10.0 Å². The molecule has 1 aromatic carbocycles. The Hall–Kier alpha value is -2.78. The molecule has 0 unspecified atom stereocenters. The molecule has 8 nitrogen and oxygen atoms in total. The number of rotatable bonds is 8. The summed E-state index contributed by atoms with van der Waals surface area (Å²) in [6.45, 7) is -0.0273. The maximum Gasteiger partial charge on any atom is 0.336 e. The van der Waals surface area contributed by atoms with E-state index in [1.165, 1.54) is 37.2 Å². The minimum atomic E-state index is -3.52. The van der Waals surface area contributed by atoms with E-state index in [2.05, 4.69) is 4.98 Å². The summed E-state index contributed by atoms with van der Waals surface area (Å²) in [6, 6.07) is 11.0. The number of amides is 1. The summed E-state index contributed by atoms with van der Waals surface area (Å²) in [7, 11) is -0.692. The third-order valence-corrected chi connectivity index (χ3v) is 5.74. The number of aromatic nitrogens is 1. The summed E-state index contributed by atoms with van der Waals surface area (Å²) >= 11 is 0. The molecule has 1 N–H and O–H groups in total. The van der Waals surface area contributed by atoms with Crippen LogP contribution in [0.3, 0.4) is 0 Å². The molecule has 0 aliphatic carbocycles. The summed E-state index contributed by atoms with van der Waals surface area (Å²) in [5.41, 5.74) is 0.438. The van der Waals surface area contributed by atoms with E-state index in [0.29, 0.717) is 5.69 Å². The summed E-state index contributed by atoms with van der Waals surface area (Å²) in [5.74, 6) is -2.07. The molecule has 27 heavy (non-hydrogen) atoms. The zero-order valence-corrected chi connectivity index (χ0v) is 15.9. The lowest BCUT2D eigenvalue weighted by atomic mass is 10.1. The van der Waals surface area contributed by atoms with Gasteiger partial charge >= 0.3 is 5.97 Å². The highest BCUT2D eigenvalue weighted by Gasteiger charge is 2.24. The average Bonchev–Trinajstić information content (AvgIpc) is 2.65. The molecule has 2 rings (SSSR count). The SMILES string of the molecule is CN(C)S(=O)(=O)CCN(Cc1ccccn1)C(=O)c1ccccc1C(=O)O. The van der Waals surface area contributed by atoms with Crippen LogP contribution in [0.5, 0.6) is 0 Å². The van der Waals surface area contributed by atoms with Gasteiger partial charge in [-0.2, -0.15) is 0 Å². The van der Waals surface area contributed by atoms with E-state index < -0.39 is 21.9 Å². The molecule has 0 saturated carbocycles. The van der Waals surface area contributed by atoms with Gasteiger partial charge in [-0.1, -0.05) is 18.2 Å². The highest BCUT2D eigenvalue weighted by Crippen LogP contribution is 2.14. The van der Waals surface area contributed by atoms with Gasteiger partial charge in [0.25, 0.3) is 5.91 Å². The van der Waals surface area contributed by atoms with Crippen molar-refractivity contribution in [1.29, 1.82) is 0 Å². The summed E-state index contributed by atoms with van der Waals surface area (Å²) < 4.78 is 25.3. The highest BCUT2D eigenvalue weighted by molar-refractivity contribution is 7.89. The Kier molecular flexibility index (Phi) is 6.65. The van der Waals surface area contributed by atoms with Crippen molar-refractivity contribution in [3.8, 4) is 0 Å². The van der Waals surface area contributed by atoms with Crippen LogP contribution < -0.4 is 0 Å². The Balaban J connectivity index is 2.34. The second-order valence-corrected chi connectivity index (χ2v) is 8.30. The predicted octanol–water partition coefficient (Wildman–Crippen LogP) is 1.31. The Morgan fingerprint density at radius 1 is 1.04 bits per heavy atom. The third kappa shape index (κ3) is 5.35. The van der Waals surface area contributed by atoms with Crippen molar-refractivity contribution >= 4 is 21.9 Å². The Labute approximate surface area is 158 Å². The van der Waals surface area contributed by atoms with Crippen molar-refractivity contribution in [2.45, 2.75) is 6.54 Å². The van der Waals surface area contributed by atoms with Crippen molar-refractivity contribution in [1.82, 2.24) is 14.2 Å². The van der Waals surface area contributed by atoms with Crippen LogP contribution in [-0.4, -0.2) is 66.0 Å². The number of hydrogen-bond donors (Lipinski definition) is 1. The molecule has 0 spiro atoms. The largest absolute Gasteiger partial charge is 0.478 e. The van der Waals surface area contributed by atoms with Crippen molar-refractivity contribution in [3.05, 3.63) is 65.5 Å². The maximum absolute atomic E-state index is 13.0. The summed E-state index contributed by atoms with van der Waals surface area (Å²) in [4.78, 5) is 29.9. The van der Waals surface area contributed by atoms with E-state index in [-0.39, 0.29) is 30.0 Å². The second-order valence-electron chi connectivity index (χ2n) is 6.00. The molecule has 0 aliphatic rings. The van der Waals surface area contributed by atoms with Gasteiger partial charge in [-0.05, 0) is 24.3 Å². The molecule has 144 valence electrons. The van der Waals surface area contributed by atoms with Crippen LogP contribution in [0.1, 0.15) is 26.4 Å². The molecule has 0 aliphatic heterocycles. The molecule has 0 fully saturated rings. The van der Waals surface area contributed by atoms with Gasteiger partial charge in [-0.15, -0.1) is 0 Å². The molecular formula is C18H21N3O5S. The number of nitrogens with zero attached hydrogens (tertiary/aromatic N) is 3. The lowest BCUT2D eigenvalue weighted by Crippen LogP contribution is -2.38. The van der Waals surface area contributed by atoms with Gasteiger partial charge in [-0.3, -0.25) is 9.78 Å². The van der Waals surface area contributed by atoms with Crippen LogP contribution in [0.2, 0.25) is 0 Å². The fourth-order valence-electron chi connectivity index (χ4n) is 2.37. The fourth-order valence-corrected chi connectivity index (χ4v) is 3.19. The van der Waals surface area contributed by atoms with Gasteiger partial charge in [0.15, 0.2) is 0 Å². The molecule has 9 heteroatoms. The third-order valence-electron chi connectivity index (χ3n) is 3.93. The van der Waals surface area contributed by atoms with E-state index in [1.54, 1.807) is 30.5 Å². The monoisotopic (exact) mass is 391 g/mol. The van der Waals surface area contributed by atoms with Crippen LogP contribution in [0, 0.1) is 0 Å². The van der Waals surface area contributed by atoms with Crippen LogP contribution in [0.25, 0.3) is 0 Å². The van der Waals surface area contributed by atoms with Crippen molar-refractivity contribution < 1.29 is 23.1 Å². The summed E-state index contributed by atoms with van der Waals surface area (Å²) in [5, 5.41) is 9.33. The number of sulfonamides is 1. The van der Waals surface area contributed by atoms with Crippen molar-refractivity contribution in [2.24, 2.45) is 0 Å². The highest BCUT2D eigenvalue weighted by atomic mass is 32.2. The lowest BCUT2D eigenvalue weighted by molar-refractivity contribution is 0.0674. The minimum Gasteiger partial charge on any atom is -0.478 e. The normalized spacial score (nSPS) is 11.4. The van der Waals surface area contributed by atoms with Gasteiger partial charge in [0.1, 0.15) is 0 Å². The maximum atomic E-state index is 13.0. The second kappa shape index (κ2) is 8.74. The zero-order valence-electron chi connectivity index (χ0n) is 15.1. The predicted molar refractivity (Wildman–Crippen MR) is 99.9 cm³/mol. The average molecular weight is 391 g/mol. The van der Waals surface area contributed by atoms with E-state index in [4.69, 9.17) is 0 Å². The zero-order chi connectivity index (χ0) is 20.0. The standard InChI is InChI=1S/C18H21N3O5S/c1-20(2)27(25,26)12-11-21(13-14-7-5-6-10-19-14)17(22)15-8-3-4-9-16(15)18(23)24/h3-10H,11-13H2,1-2H3,(H,23,24). The molecule has 1 amide bonds. The van der Waals surface area contributed by atoms with Gasteiger partial charge in [-0.25, -0.2) is 17.5 Å². The number of aromatic carboxylic acids is 1. The first kappa shape index (κ1) is 20.5. The molecule has 1 aromatic heterocycles. The van der Waals surface area contributed by atoms with Crippen LogP contribution >= 0.6 is 0 Å². The smallest absolute Gasteiger partial charge is 0.336 e. The number of benzene rings is 1. The van der Waals surface area contributed by atoms with Crippen molar-refractivity contribution in [2.75, 3.05) is 26.4 Å². The minimum absolute atomic E-state index is 0.00295. The first-order chi connectivity index (χ1) is 12.7. The topological polar surface area (TPSA) is 108 Å². The van der Waals surface area contributed by atoms with E-state index in [9.17, 15) is 23.1 Å². The molecular weight excluding hydrogens is 370 g/mol. The Morgan fingerprint density at radius 3 is 2.22 bits per heavy atom. The molecule has 0 saturated heterocycles. The van der Waals surface area contributed by atoms with E-state index in [1.807, 2.05) is 0 Å². The van der Waals surface area contributed by atoms with E-state index >= 15 is 0 Å². The summed E-state index contributed by atoms with van der Waals surface area (Å²) in [6.07, 6.45) is 1.57. The fraction of sp³-hybridized carbons (Fsp3) is 0.278. The van der Waals surface area contributed by atoms with E-state index in [0.717, 1.165) is 4.31 Å². The van der Waals surface area contributed by atoms with Gasteiger partial charge in [0.05, 0.1) is 29.1 Å². The number of carboxylic acids is 1. The quantitative estimate of drug-likeness (QED) is 0.727. The number of carboxylic acid groups (broad SMARTS) is 1. The molecule has 0 radical (unpaired) electrons. The molecule has 0 atom stereocenters. The molecule has 1 heterocycles. The molecule has 2 aromatic rings. The number of carbonyl (C=O) groups excluding carboxylic acids is 1. The molecule has 0 bridgehead atoms. The van der Waals surface area contributed by atoms with Crippen LogP contribution in [0.15, 0.2) is 48.7 Å². The number of hydrogen-bond acceptors (Lipinski definition) is 5. The van der Waals surface area contributed by atoms with Gasteiger partial charge in [0, 0.05) is 26.8 Å². The Morgan fingerprint density at radius 2 is 1.67 bits per heavy atom. The number of pyridine rings is 1. The number of carbonyl (C=O) groups is 2. The van der Waals surface area contributed by atoms with Gasteiger partial charge in [0.2, 0.25) is 10.0 Å². The first-order valence-electron chi connectivity index (χ1n) is 8.14. The first-order valence-corrected chi connectivity index (χ1v) is 9.75. The van der Waals surface area contributed by atoms with Crippen LogP contribution in [-0.2, 0) is 16.6 Å².